The van der Waals surface area contributed by atoms with Gasteiger partial charge in [-0.05, 0) is 37.0 Å². The summed E-state index contributed by atoms with van der Waals surface area (Å²) in [6.45, 7) is 2.76. The van der Waals surface area contributed by atoms with E-state index in [9.17, 15) is 0 Å². The van der Waals surface area contributed by atoms with E-state index in [-0.39, 0.29) is 0 Å². The molecule has 1 saturated carbocycles. The van der Waals surface area contributed by atoms with Gasteiger partial charge in [0.25, 0.3) is 0 Å². The highest BCUT2D eigenvalue weighted by Crippen LogP contribution is 2.33. The van der Waals surface area contributed by atoms with Gasteiger partial charge in [0.2, 0.25) is 0 Å². The van der Waals surface area contributed by atoms with Gasteiger partial charge in [0, 0.05) is 10.9 Å². The molecule has 0 aromatic heterocycles. The van der Waals surface area contributed by atoms with Crippen molar-refractivity contribution < 1.29 is 4.84 Å². The third-order valence-electron chi connectivity index (χ3n) is 2.56. The van der Waals surface area contributed by atoms with E-state index in [0.717, 1.165) is 22.7 Å². The normalized spacial score (nSPS) is 16.2. The van der Waals surface area contributed by atoms with Crippen LogP contribution < -0.4 is 0 Å². The van der Waals surface area contributed by atoms with Crippen molar-refractivity contribution in [3.05, 3.63) is 34.9 Å². The van der Waals surface area contributed by atoms with Crippen molar-refractivity contribution in [1.82, 2.24) is 0 Å². The molecule has 0 unspecified atom stereocenters. The molecule has 0 heterocycles. The molecule has 0 bridgehead atoms. The van der Waals surface area contributed by atoms with Crippen LogP contribution in [-0.4, -0.2) is 12.3 Å². The number of nitrogens with zero attached hydrogens (tertiary/aromatic N) is 1. The lowest BCUT2D eigenvalue weighted by atomic mass is 10.1. The van der Waals surface area contributed by atoms with Crippen LogP contribution in [0, 0.1) is 5.92 Å². The zero-order valence-corrected chi connectivity index (χ0v) is 10.2. The summed E-state index contributed by atoms with van der Waals surface area (Å²) in [5.41, 5.74) is 2.20. The van der Waals surface area contributed by atoms with Gasteiger partial charge in [0.1, 0.15) is 6.61 Å². The zero-order valence-electron chi connectivity index (χ0n) is 9.45. The van der Waals surface area contributed by atoms with Gasteiger partial charge in [-0.3, -0.25) is 0 Å². The highest BCUT2D eigenvalue weighted by atomic mass is 35.5. The van der Waals surface area contributed by atoms with Gasteiger partial charge in [-0.1, -0.05) is 35.8 Å². The zero-order chi connectivity index (χ0) is 11.4. The molecule has 1 aromatic carbocycles. The molecular weight excluding hydrogens is 222 g/mol. The minimum absolute atomic E-state index is 0.582. The minimum Gasteiger partial charge on any atom is -0.396 e. The fraction of sp³-hybridized carbons (Fsp3) is 0.462. The van der Waals surface area contributed by atoms with Crippen molar-refractivity contribution in [2.75, 3.05) is 6.61 Å². The van der Waals surface area contributed by atoms with Gasteiger partial charge in [-0.15, -0.1) is 0 Å². The molecule has 1 aliphatic carbocycles. The first kappa shape index (κ1) is 11.5. The molecule has 0 saturated heterocycles. The van der Waals surface area contributed by atoms with E-state index in [1.165, 1.54) is 12.8 Å². The Morgan fingerprint density at radius 2 is 2.06 bits per heavy atom. The van der Waals surface area contributed by atoms with Crippen LogP contribution in [0.25, 0.3) is 0 Å². The van der Waals surface area contributed by atoms with Crippen molar-refractivity contribution in [3.63, 3.8) is 0 Å². The summed E-state index contributed by atoms with van der Waals surface area (Å²) >= 11 is 5.87. The number of oxime groups is 1. The van der Waals surface area contributed by atoms with Gasteiger partial charge < -0.3 is 4.84 Å². The molecule has 2 nitrogen and oxygen atoms in total. The van der Waals surface area contributed by atoms with Crippen molar-refractivity contribution in [2.24, 2.45) is 11.1 Å². The molecule has 0 aliphatic heterocycles. The summed E-state index contributed by atoms with van der Waals surface area (Å²) in [6.07, 6.45) is 3.43. The summed E-state index contributed by atoms with van der Waals surface area (Å²) in [6, 6.07) is 7.81. The lowest BCUT2D eigenvalue weighted by Crippen LogP contribution is -2.04. The van der Waals surface area contributed by atoms with Gasteiger partial charge in [-0.2, -0.15) is 0 Å². The second kappa shape index (κ2) is 5.35. The van der Waals surface area contributed by atoms with Crippen LogP contribution in [0.15, 0.2) is 29.4 Å². The molecule has 0 N–H and O–H groups in total. The molecule has 1 aliphatic rings. The van der Waals surface area contributed by atoms with Crippen LogP contribution in [-0.2, 0) is 4.84 Å². The molecule has 1 aromatic rings. The van der Waals surface area contributed by atoms with E-state index >= 15 is 0 Å². The van der Waals surface area contributed by atoms with Crippen LogP contribution in [0.2, 0.25) is 5.02 Å². The molecule has 0 radical (unpaired) electrons. The summed E-state index contributed by atoms with van der Waals surface area (Å²) in [4.78, 5) is 5.29. The van der Waals surface area contributed by atoms with Gasteiger partial charge in [-0.25, -0.2) is 0 Å². The number of rotatable bonds is 5. The Hall–Kier alpha value is -1.02. The van der Waals surface area contributed by atoms with Crippen LogP contribution in [0.4, 0.5) is 0 Å². The van der Waals surface area contributed by atoms with Crippen molar-refractivity contribution in [3.8, 4) is 0 Å². The summed E-state index contributed by atoms with van der Waals surface area (Å²) in [5, 5.41) is 5.01. The van der Waals surface area contributed by atoms with Crippen molar-refractivity contribution in [2.45, 2.75) is 26.2 Å². The standard InChI is InChI=1S/C13H16ClNO/c1-2-9-16-15-13(10-3-4-10)11-5-7-12(14)8-6-11/h5-8,10H,2-4,9H2,1H3. The van der Waals surface area contributed by atoms with Crippen LogP contribution in [0.1, 0.15) is 31.7 Å². The predicted octanol–water partition coefficient (Wildman–Crippen LogP) is 3.88. The average molecular weight is 238 g/mol. The third kappa shape index (κ3) is 2.99. The third-order valence-corrected chi connectivity index (χ3v) is 2.81. The molecule has 86 valence electrons. The Balaban J connectivity index is 2.12. The maximum absolute atomic E-state index is 5.87. The molecule has 2 rings (SSSR count). The van der Waals surface area contributed by atoms with E-state index in [2.05, 4.69) is 12.1 Å². The lowest BCUT2D eigenvalue weighted by molar-refractivity contribution is 0.144. The van der Waals surface area contributed by atoms with Gasteiger partial charge >= 0.3 is 0 Å². The van der Waals surface area contributed by atoms with E-state index < -0.39 is 0 Å². The van der Waals surface area contributed by atoms with Gasteiger partial charge in [0.05, 0.1) is 5.71 Å². The number of hydrogen-bond donors (Lipinski definition) is 0. The van der Waals surface area contributed by atoms with E-state index in [1.807, 2.05) is 24.3 Å². The first-order chi connectivity index (χ1) is 7.81. The quantitative estimate of drug-likeness (QED) is 0.433. The second-order valence-electron chi connectivity index (χ2n) is 4.09. The van der Waals surface area contributed by atoms with E-state index in [4.69, 9.17) is 16.4 Å². The average Bonchev–Trinajstić information content (AvgIpc) is 3.10. The fourth-order valence-corrected chi connectivity index (χ4v) is 1.67. The maximum atomic E-state index is 5.87. The molecular formula is C13H16ClNO. The molecule has 16 heavy (non-hydrogen) atoms. The molecule has 1 fully saturated rings. The molecule has 3 heteroatoms. The number of hydrogen-bond acceptors (Lipinski definition) is 2. The molecule has 0 atom stereocenters. The van der Waals surface area contributed by atoms with E-state index in [0.29, 0.717) is 12.5 Å². The Kier molecular flexibility index (Phi) is 3.83. The maximum Gasteiger partial charge on any atom is 0.116 e. The Labute approximate surface area is 101 Å². The topological polar surface area (TPSA) is 21.6 Å². The second-order valence-corrected chi connectivity index (χ2v) is 4.53. The smallest absolute Gasteiger partial charge is 0.116 e. The van der Waals surface area contributed by atoms with Crippen molar-refractivity contribution >= 4 is 17.3 Å². The van der Waals surface area contributed by atoms with Gasteiger partial charge in [0.15, 0.2) is 0 Å². The highest BCUT2D eigenvalue weighted by Gasteiger charge is 2.29. The van der Waals surface area contributed by atoms with Crippen LogP contribution >= 0.6 is 11.6 Å². The summed E-state index contributed by atoms with van der Waals surface area (Å²) in [5.74, 6) is 0.582. The first-order valence-corrected chi connectivity index (χ1v) is 6.15. The Bertz CT molecular complexity index is 368. The molecule has 0 spiro atoms. The predicted molar refractivity (Wildman–Crippen MR) is 67.0 cm³/mol. The Morgan fingerprint density at radius 3 is 2.62 bits per heavy atom. The monoisotopic (exact) mass is 237 g/mol. The number of benzene rings is 1. The van der Waals surface area contributed by atoms with Crippen molar-refractivity contribution in [1.29, 1.82) is 0 Å². The SMILES string of the molecule is CCCON=C(c1ccc(Cl)cc1)C1CC1. The first-order valence-electron chi connectivity index (χ1n) is 5.77. The van der Waals surface area contributed by atoms with E-state index in [1.54, 1.807) is 0 Å². The lowest BCUT2D eigenvalue weighted by Gasteiger charge is -2.05. The summed E-state index contributed by atoms with van der Waals surface area (Å²) in [7, 11) is 0. The minimum atomic E-state index is 0.582. The largest absolute Gasteiger partial charge is 0.396 e. The summed E-state index contributed by atoms with van der Waals surface area (Å²) < 4.78 is 0. The molecule has 0 amide bonds. The number of halogens is 1. The highest BCUT2D eigenvalue weighted by molar-refractivity contribution is 6.30. The van der Waals surface area contributed by atoms with Crippen LogP contribution in [0.5, 0.6) is 0 Å². The fourth-order valence-electron chi connectivity index (χ4n) is 1.55. The van der Waals surface area contributed by atoms with Crippen LogP contribution in [0.3, 0.4) is 0 Å². The Morgan fingerprint density at radius 1 is 1.38 bits per heavy atom.